The molecule has 0 heterocycles. The fourth-order valence-electron chi connectivity index (χ4n) is 4.52. The van der Waals surface area contributed by atoms with Crippen molar-refractivity contribution in [3.8, 4) is 0 Å². The van der Waals surface area contributed by atoms with Crippen LogP contribution in [0.15, 0.2) is 0 Å². The molecule has 2 nitrogen and oxygen atoms in total. The molecule has 4 fully saturated rings. The minimum absolute atomic E-state index is 0.722. The maximum Gasteiger partial charge on any atom is 0.0650 e. The van der Waals surface area contributed by atoms with Crippen LogP contribution in [0.3, 0.4) is 0 Å². The standard InChI is InChI=1S/C11H19IN2/c12-6-14(13)11-9-2-7-1-8(4-9)5-10(11)3-7/h7-11H,1-6,13H2. The first-order valence-electron chi connectivity index (χ1n) is 5.85. The molecule has 4 aliphatic carbocycles. The van der Waals surface area contributed by atoms with E-state index in [0.29, 0.717) is 0 Å². The predicted octanol–water partition coefficient (Wildman–Crippen LogP) is 2.38. The molecule has 4 saturated carbocycles. The van der Waals surface area contributed by atoms with Crippen molar-refractivity contribution in [2.45, 2.75) is 38.1 Å². The van der Waals surface area contributed by atoms with Gasteiger partial charge in [-0.3, -0.25) is 5.84 Å². The van der Waals surface area contributed by atoms with Gasteiger partial charge >= 0.3 is 0 Å². The van der Waals surface area contributed by atoms with Crippen LogP contribution >= 0.6 is 22.6 Å². The summed E-state index contributed by atoms with van der Waals surface area (Å²) in [6.07, 6.45) is 7.43. The van der Waals surface area contributed by atoms with Gasteiger partial charge in [-0.05, 0) is 55.8 Å². The van der Waals surface area contributed by atoms with Crippen molar-refractivity contribution >= 4 is 22.6 Å². The maximum atomic E-state index is 6.12. The van der Waals surface area contributed by atoms with Crippen molar-refractivity contribution in [1.82, 2.24) is 5.01 Å². The van der Waals surface area contributed by atoms with E-state index in [1.807, 2.05) is 0 Å². The minimum atomic E-state index is 0.722. The number of nitrogens with zero attached hydrogens (tertiary/aromatic N) is 1. The Hall–Kier alpha value is 0.650. The van der Waals surface area contributed by atoms with Gasteiger partial charge in [0.25, 0.3) is 0 Å². The van der Waals surface area contributed by atoms with Crippen LogP contribution in [0, 0.1) is 23.7 Å². The highest BCUT2D eigenvalue weighted by Crippen LogP contribution is 2.54. The van der Waals surface area contributed by atoms with Crippen molar-refractivity contribution < 1.29 is 0 Å². The summed E-state index contributed by atoms with van der Waals surface area (Å²) < 4.78 is 0.991. The molecule has 0 saturated heterocycles. The topological polar surface area (TPSA) is 29.3 Å². The lowest BCUT2D eigenvalue weighted by Gasteiger charge is -2.56. The lowest BCUT2D eigenvalue weighted by Crippen LogP contribution is -2.57. The van der Waals surface area contributed by atoms with E-state index >= 15 is 0 Å². The summed E-state index contributed by atoms with van der Waals surface area (Å²) in [6, 6.07) is 0.722. The maximum absolute atomic E-state index is 6.12. The molecule has 0 aromatic rings. The van der Waals surface area contributed by atoms with Gasteiger partial charge in [0, 0.05) is 6.04 Å². The lowest BCUT2D eigenvalue weighted by molar-refractivity contribution is -0.0588. The summed E-state index contributed by atoms with van der Waals surface area (Å²) in [5, 5.41) is 2.12. The van der Waals surface area contributed by atoms with E-state index in [0.717, 1.165) is 34.3 Å². The lowest BCUT2D eigenvalue weighted by atomic mass is 9.54. The van der Waals surface area contributed by atoms with Gasteiger partial charge in [0.15, 0.2) is 0 Å². The van der Waals surface area contributed by atoms with E-state index in [-0.39, 0.29) is 0 Å². The monoisotopic (exact) mass is 306 g/mol. The van der Waals surface area contributed by atoms with Gasteiger partial charge in [0.1, 0.15) is 0 Å². The Balaban J connectivity index is 1.81. The number of hydrazine groups is 1. The van der Waals surface area contributed by atoms with Crippen molar-refractivity contribution in [1.29, 1.82) is 0 Å². The number of hydrogen-bond donors (Lipinski definition) is 1. The second kappa shape index (κ2) is 3.59. The van der Waals surface area contributed by atoms with Crippen LogP contribution in [0.1, 0.15) is 32.1 Å². The molecule has 0 radical (unpaired) electrons. The van der Waals surface area contributed by atoms with Gasteiger partial charge in [0.05, 0.1) is 4.55 Å². The number of nitrogens with two attached hydrogens (primary N) is 1. The zero-order valence-electron chi connectivity index (χ0n) is 8.53. The first-order chi connectivity index (χ1) is 6.78. The first kappa shape index (κ1) is 9.85. The van der Waals surface area contributed by atoms with Gasteiger partial charge in [-0.15, -0.1) is 0 Å². The van der Waals surface area contributed by atoms with Gasteiger partial charge in [-0.1, -0.05) is 22.6 Å². The molecule has 0 aromatic heterocycles. The molecule has 0 unspecified atom stereocenters. The average Bonchev–Trinajstić information content (AvgIpc) is 2.15. The molecule has 14 heavy (non-hydrogen) atoms. The number of alkyl halides is 1. The second-order valence-corrected chi connectivity index (χ2v) is 6.24. The molecule has 80 valence electrons. The van der Waals surface area contributed by atoms with Gasteiger partial charge in [0.2, 0.25) is 0 Å². The van der Waals surface area contributed by atoms with E-state index < -0.39 is 0 Å². The van der Waals surface area contributed by atoms with Crippen LogP contribution in [0.25, 0.3) is 0 Å². The van der Waals surface area contributed by atoms with E-state index in [2.05, 4.69) is 27.6 Å². The van der Waals surface area contributed by atoms with Crippen LogP contribution in [-0.2, 0) is 0 Å². The Kier molecular flexibility index (Phi) is 2.53. The summed E-state index contributed by atoms with van der Waals surface area (Å²) in [5.74, 6) is 10.1. The molecule has 0 amide bonds. The van der Waals surface area contributed by atoms with E-state index in [4.69, 9.17) is 5.84 Å². The largest absolute Gasteiger partial charge is 0.268 e. The van der Waals surface area contributed by atoms with Crippen molar-refractivity contribution in [3.63, 3.8) is 0 Å². The Morgan fingerprint density at radius 3 is 1.93 bits per heavy atom. The third-order valence-corrected chi connectivity index (χ3v) is 5.49. The fourth-order valence-corrected chi connectivity index (χ4v) is 4.97. The smallest absolute Gasteiger partial charge is 0.0650 e. The second-order valence-electron chi connectivity index (χ2n) is 5.56. The SMILES string of the molecule is NN(CI)C1C2CC3CC(C2)CC1C3. The molecular formula is C11H19IN2. The predicted molar refractivity (Wildman–Crippen MR) is 65.7 cm³/mol. The summed E-state index contributed by atoms with van der Waals surface area (Å²) in [4.78, 5) is 0. The van der Waals surface area contributed by atoms with Gasteiger partial charge in [-0.25, -0.2) is 5.01 Å². The average molecular weight is 306 g/mol. The fraction of sp³-hybridized carbons (Fsp3) is 1.00. The third kappa shape index (κ3) is 1.43. The van der Waals surface area contributed by atoms with Crippen LogP contribution in [0.4, 0.5) is 0 Å². The van der Waals surface area contributed by atoms with Gasteiger partial charge in [-0.2, -0.15) is 0 Å². The van der Waals surface area contributed by atoms with Crippen molar-refractivity contribution in [3.05, 3.63) is 0 Å². The third-order valence-electron chi connectivity index (χ3n) is 4.70. The molecule has 2 N–H and O–H groups in total. The Bertz CT molecular complexity index is 203. The zero-order chi connectivity index (χ0) is 9.71. The molecule has 4 bridgehead atoms. The Labute approximate surface area is 99.7 Å². The van der Waals surface area contributed by atoms with E-state index in [9.17, 15) is 0 Å². The summed E-state index contributed by atoms with van der Waals surface area (Å²) in [5.41, 5.74) is 0. The zero-order valence-corrected chi connectivity index (χ0v) is 10.7. The normalized spacial score (nSPS) is 50.4. The molecule has 4 rings (SSSR count). The van der Waals surface area contributed by atoms with Crippen molar-refractivity contribution in [2.24, 2.45) is 29.5 Å². The van der Waals surface area contributed by atoms with Crippen LogP contribution < -0.4 is 5.84 Å². The number of halogens is 1. The van der Waals surface area contributed by atoms with E-state index in [1.165, 1.54) is 32.1 Å². The first-order valence-corrected chi connectivity index (χ1v) is 7.37. The highest BCUT2D eigenvalue weighted by atomic mass is 127. The summed E-state index contributed by atoms with van der Waals surface area (Å²) >= 11 is 2.39. The van der Waals surface area contributed by atoms with Crippen molar-refractivity contribution in [2.75, 3.05) is 4.55 Å². The molecule has 0 atom stereocenters. The highest BCUT2D eigenvalue weighted by molar-refractivity contribution is 14.1. The molecular weight excluding hydrogens is 287 g/mol. The molecule has 0 aliphatic heterocycles. The van der Waals surface area contributed by atoms with Gasteiger partial charge < -0.3 is 0 Å². The quantitative estimate of drug-likeness (QED) is 0.279. The highest BCUT2D eigenvalue weighted by Gasteiger charge is 2.49. The Morgan fingerprint density at radius 1 is 1.00 bits per heavy atom. The minimum Gasteiger partial charge on any atom is -0.268 e. The molecule has 3 heteroatoms. The molecule has 4 aliphatic rings. The Morgan fingerprint density at radius 2 is 1.50 bits per heavy atom. The summed E-state index contributed by atoms with van der Waals surface area (Å²) in [7, 11) is 0. The molecule has 0 spiro atoms. The number of rotatable bonds is 2. The van der Waals surface area contributed by atoms with Crippen LogP contribution in [-0.4, -0.2) is 15.6 Å². The van der Waals surface area contributed by atoms with E-state index in [1.54, 1.807) is 0 Å². The summed E-state index contributed by atoms with van der Waals surface area (Å²) in [6.45, 7) is 0. The number of hydrogen-bond acceptors (Lipinski definition) is 2. The van der Waals surface area contributed by atoms with Crippen LogP contribution in [0.5, 0.6) is 0 Å². The molecule has 0 aromatic carbocycles. The van der Waals surface area contributed by atoms with Crippen LogP contribution in [0.2, 0.25) is 0 Å².